The maximum Gasteiger partial charge on any atom is 0.220 e. The van der Waals surface area contributed by atoms with Gasteiger partial charge >= 0.3 is 0 Å². The smallest absolute Gasteiger partial charge is 0.220 e. The molecule has 0 aliphatic carbocycles. The molecule has 0 aromatic heterocycles. The van der Waals surface area contributed by atoms with Gasteiger partial charge in [0, 0.05) is 12.3 Å². The molecule has 0 radical (unpaired) electrons. The van der Waals surface area contributed by atoms with E-state index >= 15 is 0 Å². The van der Waals surface area contributed by atoms with Crippen LogP contribution in [0.15, 0.2) is 24.3 Å². The van der Waals surface area contributed by atoms with E-state index in [1.807, 2.05) is 31.2 Å². The molecule has 100 valence electrons. The van der Waals surface area contributed by atoms with E-state index in [0.717, 1.165) is 24.2 Å². The Kier molecular flexibility index (Phi) is 6.58. The van der Waals surface area contributed by atoms with Crippen molar-refractivity contribution in [1.29, 1.82) is 0 Å². The summed E-state index contributed by atoms with van der Waals surface area (Å²) in [7, 11) is 1.64. The molecule has 18 heavy (non-hydrogen) atoms. The number of alkyl halides is 1. The quantitative estimate of drug-likeness (QED) is 0.609. The molecule has 4 heteroatoms. The number of benzene rings is 1. The zero-order valence-corrected chi connectivity index (χ0v) is 11.7. The number of nitrogens with one attached hydrogen (secondary N) is 1. The van der Waals surface area contributed by atoms with Gasteiger partial charge in [0.25, 0.3) is 0 Å². The fraction of sp³-hybridized carbons (Fsp3) is 0.500. The van der Waals surface area contributed by atoms with E-state index in [1.165, 1.54) is 0 Å². The molecular weight excluding hydrogens is 250 g/mol. The number of methoxy groups -OCH3 is 1. The molecule has 0 fully saturated rings. The molecule has 0 bridgehead atoms. The number of rotatable bonds is 7. The minimum Gasteiger partial charge on any atom is -0.497 e. The summed E-state index contributed by atoms with van der Waals surface area (Å²) in [5.74, 6) is 1.50. The summed E-state index contributed by atoms with van der Waals surface area (Å²) in [6, 6.07) is 7.72. The van der Waals surface area contributed by atoms with Gasteiger partial charge in [-0.3, -0.25) is 4.79 Å². The van der Waals surface area contributed by atoms with Crippen LogP contribution in [0.3, 0.4) is 0 Å². The molecule has 0 heterocycles. The number of amides is 1. The average Bonchev–Trinajstić information content (AvgIpc) is 2.39. The normalized spacial score (nSPS) is 11.9. The second-order valence-corrected chi connectivity index (χ2v) is 4.59. The molecule has 1 aromatic carbocycles. The lowest BCUT2D eigenvalue weighted by Crippen LogP contribution is -2.26. The van der Waals surface area contributed by atoms with E-state index < -0.39 is 0 Å². The van der Waals surface area contributed by atoms with Crippen molar-refractivity contribution in [1.82, 2.24) is 5.32 Å². The lowest BCUT2D eigenvalue weighted by Gasteiger charge is -2.14. The predicted octanol–water partition coefficient (Wildman–Crippen LogP) is 3.28. The number of ether oxygens (including phenoxy) is 1. The Morgan fingerprint density at radius 3 is 2.56 bits per heavy atom. The van der Waals surface area contributed by atoms with Gasteiger partial charge in [0.15, 0.2) is 0 Å². The van der Waals surface area contributed by atoms with E-state index in [-0.39, 0.29) is 11.9 Å². The van der Waals surface area contributed by atoms with Crippen molar-refractivity contribution in [3.05, 3.63) is 29.8 Å². The van der Waals surface area contributed by atoms with Crippen LogP contribution >= 0.6 is 11.6 Å². The monoisotopic (exact) mass is 269 g/mol. The fourth-order valence-corrected chi connectivity index (χ4v) is 1.86. The maximum absolute atomic E-state index is 11.6. The summed E-state index contributed by atoms with van der Waals surface area (Å²) >= 11 is 5.57. The Balaban J connectivity index is 2.43. The fourth-order valence-electron chi connectivity index (χ4n) is 1.67. The Morgan fingerprint density at radius 2 is 2.00 bits per heavy atom. The lowest BCUT2D eigenvalue weighted by molar-refractivity contribution is -0.121. The van der Waals surface area contributed by atoms with Gasteiger partial charge in [-0.05, 0) is 37.5 Å². The van der Waals surface area contributed by atoms with Crippen LogP contribution < -0.4 is 10.1 Å². The van der Waals surface area contributed by atoms with Crippen molar-refractivity contribution in [2.45, 2.75) is 32.2 Å². The first kappa shape index (κ1) is 14.8. The first-order valence-corrected chi connectivity index (χ1v) is 6.70. The van der Waals surface area contributed by atoms with E-state index in [1.54, 1.807) is 7.11 Å². The van der Waals surface area contributed by atoms with E-state index in [0.29, 0.717) is 12.3 Å². The van der Waals surface area contributed by atoms with Crippen LogP contribution in [0.25, 0.3) is 0 Å². The number of carbonyl (C=O) groups excluding carboxylic acids is 1. The van der Waals surface area contributed by atoms with Crippen LogP contribution in [0.4, 0.5) is 0 Å². The maximum atomic E-state index is 11.6. The van der Waals surface area contributed by atoms with Crippen LogP contribution in [-0.2, 0) is 4.79 Å². The molecule has 0 saturated carbocycles. The molecule has 1 unspecified atom stereocenters. The van der Waals surface area contributed by atoms with Crippen molar-refractivity contribution >= 4 is 17.5 Å². The summed E-state index contributed by atoms with van der Waals surface area (Å²) in [5, 5.41) is 2.97. The third-order valence-electron chi connectivity index (χ3n) is 2.78. The van der Waals surface area contributed by atoms with Gasteiger partial charge in [-0.2, -0.15) is 0 Å². The Hall–Kier alpha value is -1.22. The molecular formula is C14H20ClNO2. The molecule has 1 rings (SSSR count). The van der Waals surface area contributed by atoms with Crippen molar-refractivity contribution < 1.29 is 9.53 Å². The van der Waals surface area contributed by atoms with Crippen LogP contribution in [0.2, 0.25) is 0 Å². The van der Waals surface area contributed by atoms with Crippen LogP contribution in [0.1, 0.15) is 37.8 Å². The van der Waals surface area contributed by atoms with Gasteiger partial charge in [0.2, 0.25) is 5.91 Å². The third-order valence-corrected chi connectivity index (χ3v) is 3.05. The van der Waals surface area contributed by atoms with Crippen molar-refractivity contribution in [3.63, 3.8) is 0 Å². The van der Waals surface area contributed by atoms with Crippen LogP contribution in [0, 0.1) is 0 Å². The second kappa shape index (κ2) is 7.98. The number of hydrogen-bond acceptors (Lipinski definition) is 2. The zero-order chi connectivity index (χ0) is 13.4. The first-order chi connectivity index (χ1) is 8.67. The van der Waals surface area contributed by atoms with Gasteiger partial charge in [0.05, 0.1) is 13.2 Å². The molecule has 1 amide bonds. The summed E-state index contributed by atoms with van der Waals surface area (Å²) in [6.07, 6.45) is 2.25. The molecule has 0 saturated heterocycles. The Morgan fingerprint density at radius 1 is 1.33 bits per heavy atom. The molecule has 0 aliphatic rings. The molecule has 0 spiro atoms. The van der Waals surface area contributed by atoms with E-state index in [4.69, 9.17) is 16.3 Å². The Labute approximate surface area is 113 Å². The highest BCUT2D eigenvalue weighted by molar-refractivity contribution is 6.17. The summed E-state index contributed by atoms with van der Waals surface area (Å²) in [4.78, 5) is 11.6. The Bertz CT molecular complexity index is 365. The van der Waals surface area contributed by atoms with Gasteiger partial charge in [-0.25, -0.2) is 0 Å². The third kappa shape index (κ3) is 4.96. The van der Waals surface area contributed by atoms with Gasteiger partial charge in [0.1, 0.15) is 5.75 Å². The topological polar surface area (TPSA) is 38.3 Å². The van der Waals surface area contributed by atoms with Gasteiger partial charge in [-0.1, -0.05) is 12.1 Å². The van der Waals surface area contributed by atoms with E-state index in [9.17, 15) is 4.79 Å². The minimum absolute atomic E-state index is 0.0133. The highest BCUT2D eigenvalue weighted by atomic mass is 35.5. The number of halogens is 1. The SMILES string of the molecule is COc1ccc(C(C)NC(=O)CCCCCl)cc1. The van der Waals surface area contributed by atoms with Crippen molar-refractivity contribution in [3.8, 4) is 5.75 Å². The predicted molar refractivity (Wildman–Crippen MR) is 74.1 cm³/mol. The summed E-state index contributed by atoms with van der Waals surface area (Å²) in [6.45, 7) is 1.97. The molecule has 0 aliphatic heterocycles. The van der Waals surface area contributed by atoms with Crippen LogP contribution in [-0.4, -0.2) is 18.9 Å². The summed E-state index contributed by atoms with van der Waals surface area (Å²) in [5.41, 5.74) is 1.07. The van der Waals surface area contributed by atoms with Crippen molar-refractivity contribution in [2.24, 2.45) is 0 Å². The minimum atomic E-state index is 0.0133. The van der Waals surface area contributed by atoms with E-state index in [2.05, 4.69) is 5.32 Å². The number of unbranched alkanes of at least 4 members (excludes halogenated alkanes) is 1. The first-order valence-electron chi connectivity index (χ1n) is 6.16. The standard InChI is InChI=1S/C14H20ClNO2/c1-11(16-14(17)5-3-4-10-15)12-6-8-13(18-2)9-7-12/h6-9,11H,3-5,10H2,1-2H3,(H,16,17). The molecule has 1 atom stereocenters. The molecule has 1 aromatic rings. The highest BCUT2D eigenvalue weighted by Gasteiger charge is 2.09. The van der Waals surface area contributed by atoms with Crippen LogP contribution in [0.5, 0.6) is 5.75 Å². The second-order valence-electron chi connectivity index (χ2n) is 4.21. The molecule has 1 N–H and O–H groups in total. The zero-order valence-electron chi connectivity index (χ0n) is 10.9. The average molecular weight is 270 g/mol. The van der Waals surface area contributed by atoms with Crippen molar-refractivity contribution in [2.75, 3.05) is 13.0 Å². The van der Waals surface area contributed by atoms with Gasteiger partial charge < -0.3 is 10.1 Å². The highest BCUT2D eigenvalue weighted by Crippen LogP contribution is 2.17. The molecule has 3 nitrogen and oxygen atoms in total. The number of hydrogen-bond donors (Lipinski definition) is 1. The lowest BCUT2D eigenvalue weighted by atomic mass is 10.1. The summed E-state index contributed by atoms with van der Waals surface area (Å²) < 4.78 is 5.10. The van der Waals surface area contributed by atoms with Gasteiger partial charge in [-0.15, -0.1) is 11.6 Å². The number of carbonyl (C=O) groups is 1. The largest absolute Gasteiger partial charge is 0.497 e.